The molecule has 1 saturated heterocycles. The van der Waals surface area contributed by atoms with Gasteiger partial charge in [0.2, 0.25) is 5.91 Å². The molecule has 1 aliphatic rings. The Bertz CT molecular complexity index is 1300. The van der Waals surface area contributed by atoms with Crippen molar-refractivity contribution in [3.63, 3.8) is 0 Å². The van der Waals surface area contributed by atoms with Gasteiger partial charge in [-0.05, 0) is 63.8 Å². The molecule has 0 aliphatic carbocycles. The van der Waals surface area contributed by atoms with Crippen LogP contribution in [0.5, 0.6) is 5.75 Å². The number of carbonyl (C=O) groups is 2. The van der Waals surface area contributed by atoms with Gasteiger partial charge in [0.15, 0.2) is 0 Å². The second-order valence-corrected chi connectivity index (χ2v) is 10.8. The largest absolute Gasteiger partial charge is 0.489 e. The minimum atomic E-state index is -0.255. The van der Waals surface area contributed by atoms with Crippen molar-refractivity contribution < 1.29 is 19.4 Å². The van der Waals surface area contributed by atoms with Crippen molar-refractivity contribution in [2.24, 2.45) is 7.05 Å². The van der Waals surface area contributed by atoms with Crippen LogP contribution in [0.3, 0.4) is 0 Å². The first-order valence-electron chi connectivity index (χ1n) is 13.5. The fourth-order valence-corrected chi connectivity index (χ4v) is 5.19. The molecule has 9 heteroatoms. The number of aliphatic hydroxyl groups excluding tert-OH is 1. The maximum atomic E-state index is 12.9. The van der Waals surface area contributed by atoms with Gasteiger partial charge in [0.1, 0.15) is 11.6 Å². The first-order valence-corrected chi connectivity index (χ1v) is 13.8. The number of carbonyl (C=O) groups excluding carboxylic acids is 2. The molecule has 0 saturated carbocycles. The van der Waals surface area contributed by atoms with Crippen molar-refractivity contribution in [2.75, 3.05) is 13.2 Å². The van der Waals surface area contributed by atoms with Gasteiger partial charge in [-0.3, -0.25) is 9.59 Å². The lowest BCUT2D eigenvalue weighted by Crippen LogP contribution is -2.37. The highest BCUT2D eigenvalue weighted by atomic mass is 35.5. The molecule has 2 atom stereocenters. The number of hydrogen-bond acceptors (Lipinski definition) is 5. The van der Waals surface area contributed by atoms with Crippen LogP contribution >= 0.6 is 11.6 Å². The lowest BCUT2D eigenvalue weighted by molar-refractivity contribution is -0.129. The molecule has 3 aromatic rings. The summed E-state index contributed by atoms with van der Waals surface area (Å²) in [6, 6.07) is 12.7. The van der Waals surface area contributed by atoms with Crippen LogP contribution in [0.15, 0.2) is 48.7 Å². The number of rotatable bonds is 11. The standard InChI is InChI=1S/C30H37ClN4O4/c1-19(2)39-27-12-11-23(17-25(27)31)30(38)32-24(13-15-36)16-21-7-9-22(10-8-21)26-18-34(4)29(33-26)20(3)35-14-5-6-28(35)37/h7-12,17-20,24,36H,5-6,13-16H2,1-4H3,(H,32,38). The van der Waals surface area contributed by atoms with E-state index in [1.54, 1.807) is 18.2 Å². The van der Waals surface area contributed by atoms with Crippen molar-refractivity contribution in [1.29, 1.82) is 0 Å². The summed E-state index contributed by atoms with van der Waals surface area (Å²) in [7, 11) is 1.96. The Morgan fingerprint density at radius 3 is 2.54 bits per heavy atom. The molecule has 4 rings (SSSR count). The van der Waals surface area contributed by atoms with E-state index >= 15 is 0 Å². The van der Waals surface area contributed by atoms with E-state index in [0.717, 1.165) is 35.6 Å². The van der Waals surface area contributed by atoms with Gasteiger partial charge in [-0.15, -0.1) is 0 Å². The summed E-state index contributed by atoms with van der Waals surface area (Å²) in [6.07, 6.45) is 4.45. The summed E-state index contributed by atoms with van der Waals surface area (Å²) in [5.41, 5.74) is 3.29. The van der Waals surface area contributed by atoms with Gasteiger partial charge in [0.25, 0.3) is 5.91 Å². The molecule has 1 aliphatic heterocycles. The van der Waals surface area contributed by atoms with E-state index in [1.807, 2.05) is 67.7 Å². The molecular formula is C30H37ClN4O4. The molecule has 208 valence electrons. The Morgan fingerprint density at radius 2 is 1.92 bits per heavy atom. The molecule has 8 nitrogen and oxygen atoms in total. The number of aliphatic hydroxyl groups is 1. The summed E-state index contributed by atoms with van der Waals surface area (Å²) in [4.78, 5) is 31.9. The van der Waals surface area contributed by atoms with Crippen LogP contribution in [-0.4, -0.2) is 56.7 Å². The zero-order valence-electron chi connectivity index (χ0n) is 23.0. The Balaban J connectivity index is 1.42. The van der Waals surface area contributed by atoms with Gasteiger partial charge in [0.05, 0.1) is 22.9 Å². The van der Waals surface area contributed by atoms with Gasteiger partial charge in [-0.2, -0.15) is 0 Å². The SMILES string of the molecule is CC(C)Oc1ccc(C(=O)NC(CCO)Cc2ccc(-c3cn(C)c(C(C)N4CCCC4=O)n3)cc2)cc1Cl. The quantitative estimate of drug-likeness (QED) is 0.351. The Hall–Kier alpha value is -3.36. The van der Waals surface area contributed by atoms with Crippen LogP contribution < -0.4 is 10.1 Å². The summed E-state index contributed by atoms with van der Waals surface area (Å²) >= 11 is 6.31. The zero-order chi connectivity index (χ0) is 28.1. The average molecular weight is 553 g/mol. The number of benzene rings is 2. The van der Waals surface area contributed by atoms with E-state index < -0.39 is 0 Å². The number of imidazole rings is 1. The first kappa shape index (κ1) is 28.6. The fraction of sp³-hybridized carbons (Fsp3) is 0.433. The van der Waals surface area contributed by atoms with Crippen molar-refractivity contribution in [3.8, 4) is 17.0 Å². The molecule has 1 fully saturated rings. The molecular weight excluding hydrogens is 516 g/mol. The monoisotopic (exact) mass is 552 g/mol. The maximum Gasteiger partial charge on any atom is 0.251 e. The molecule has 39 heavy (non-hydrogen) atoms. The van der Waals surface area contributed by atoms with Gasteiger partial charge < -0.3 is 24.6 Å². The lowest BCUT2D eigenvalue weighted by Gasteiger charge is -2.23. The molecule has 2 aromatic carbocycles. The highest BCUT2D eigenvalue weighted by molar-refractivity contribution is 6.32. The van der Waals surface area contributed by atoms with E-state index in [-0.39, 0.29) is 36.6 Å². The predicted molar refractivity (Wildman–Crippen MR) is 152 cm³/mol. The lowest BCUT2D eigenvalue weighted by atomic mass is 10.0. The summed E-state index contributed by atoms with van der Waals surface area (Å²) in [6.45, 7) is 6.58. The maximum absolute atomic E-state index is 12.9. The van der Waals surface area contributed by atoms with E-state index in [2.05, 4.69) is 5.32 Å². The Morgan fingerprint density at radius 1 is 1.18 bits per heavy atom. The number of aromatic nitrogens is 2. The van der Waals surface area contributed by atoms with E-state index in [9.17, 15) is 14.7 Å². The number of nitrogens with zero attached hydrogens (tertiary/aromatic N) is 3. The third kappa shape index (κ3) is 6.99. The van der Waals surface area contributed by atoms with Gasteiger partial charge in [0, 0.05) is 50.0 Å². The fourth-order valence-electron chi connectivity index (χ4n) is 4.96. The summed E-state index contributed by atoms with van der Waals surface area (Å²) in [5, 5.41) is 13.0. The van der Waals surface area contributed by atoms with Crippen LogP contribution in [0.1, 0.15) is 67.8 Å². The normalized spacial score (nSPS) is 15.1. The minimum absolute atomic E-state index is 0.0219. The third-order valence-corrected chi connectivity index (χ3v) is 7.26. The highest BCUT2D eigenvalue weighted by Gasteiger charge is 2.28. The molecule has 2 unspecified atom stereocenters. The van der Waals surface area contributed by atoms with Crippen LogP contribution in [0.25, 0.3) is 11.3 Å². The highest BCUT2D eigenvalue weighted by Crippen LogP contribution is 2.28. The van der Waals surface area contributed by atoms with Crippen molar-refractivity contribution in [3.05, 3.63) is 70.6 Å². The van der Waals surface area contributed by atoms with Gasteiger partial charge in [-0.1, -0.05) is 35.9 Å². The molecule has 0 bridgehead atoms. The predicted octanol–water partition coefficient (Wildman–Crippen LogP) is 4.93. The molecule has 2 N–H and O–H groups in total. The summed E-state index contributed by atoms with van der Waals surface area (Å²) < 4.78 is 7.63. The topological polar surface area (TPSA) is 96.7 Å². The van der Waals surface area contributed by atoms with Crippen molar-refractivity contribution >= 4 is 23.4 Å². The summed E-state index contributed by atoms with van der Waals surface area (Å²) in [5.74, 6) is 1.32. The molecule has 2 heterocycles. The second kappa shape index (κ2) is 12.7. The van der Waals surface area contributed by atoms with Crippen LogP contribution in [-0.2, 0) is 18.3 Å². The van der Waals surface area contributed by atoms with Crippen LogP contribution in [0.4, 0.5) is 0 Å². The Kier molecular flexibility index (Phi) is 9.30. The zero-order valence-corrected chi connectivity index (χ0v) is 23.7. The van der Waals surface area contributed by atoms with Crippen molar-refractivity contribution in [2.45, 2.75) is 64.6 Å². The second-order valence-electron chi connectivity index (χ2n) is 10.4. The van der Waals surface area contributed by atoms with E-state index in [0.29, 0.717) is 35.6 Å². The number of nitrogens with one attached hydrogen (secondary N) is 1. The minimum Gasteiger partial charge on any atom is -0.489 e. The number of ether oxygens (including phenoxy) is 1. The number of halogens is 1. The Labute approximate surface area is 234 Å². The smallest absolute Gasteiger partial charge is 0.251 e. The number of amides is 2. The van der Waals surface area contributed by atoms with E-state index in [4.69, 9.17) is 21.3 Å². The third-order valence-electron chi connectivity index (χ3n) is 6.96. The van der Waals surface area contributed by atoms with Gasteiger partial charge >= 0.3 is 0 Å². The molecule has 1 aromatic heterocycles. The molecule has 0 radical (unpaired) electrons. The first-order chi connectivity index (χ1) is 18.7. The molecule has 2 amide bonds. The van der Waals surface area contributed by atoms with Crippen molar-refractivity contribution in [1.82, 2.24) is 19.8 Å². The van der Waals surface area contributed by atoms with Gasteiger partial charge in [-0.25, -0.2) is 4.98 Å². The molecule has 0 spiro atoms. The van der Waals surface area contributed by atoms with Crippen LogP contribution in [0.2, 0.25) is 5.02 Å². The van der Waals surface area contributed by atoms with E-state index in [1.165, 1.54) is 0 Å². The number of aryl methyl sites for hydroxylation is 1. The number of hydrogen-bond donors (Lipinski definition) is 2. The number of likely N-dealkylation sites (tertiary alicyclic amines) is 1. The van der Waals surface area contributed by atoms with Crippen LogP contribution in [0, 0.1) is 0 Å². The average Bonchev–Trinajstić information content (AvgIpc) is 3.50.